The van der Waals surface area contributed by atoms with Gasteiger partial charge in [-0.3, -0.25) is 9.69 Å². The lowest BCUT2D eigenvalue weighted by molar-refractivity contribution is -0.118. The van der Waals surface area contributed by atoms with Crippen LogP contribution in [0.5, 0.6) is 0 Å². The van der Waals surface area contributed by atoms with Gasteiger partial charge in [-0.2, -0.15) is 0 Å². The molecule has 1 aliphatic rings. The van der Waals surface area contributed by atoms with E-state index < -0.39 is 0 Å². The number of likely N-dealkylation sites (tertiary alicyclic amines) is 1. The molecule has 1 amide bonds. The molecule has 0 bridgehead atoms. The molecule has 0 radical (unpaired) electrons. The molecule has 20 heavy (non-hydrogen) atoms. The summed E-state index contributed by atoms with van der Waals surface area (Å²) < 4.78 is 0. The Labute approximate surface area is 121 Å². The maximum atomic E-state index is 12.1. The molecule has 2 rings (SSSR count). The monoisotopic (exact) mass is 275 g/mol. The smallest absolute Gasteiger partial charge is 0.238 e. The molecular formula is C16H25N3O. The minimum Gasteiger partial charge on any atom is -0.326 e. The van der Waals surface area contributed by atoms with Gasteiger partial charge in [0.15, 0.2) is 0 Å². The Bertz CT molecular complexity index is 444. The topological polar surface area (TPSA) is 58.4 Å². The van der Waals surface area contributed by atoms with Crippen LogP contribution in [0.25, 0.3) is 0 Å². The fourth-order valence-corrected chi connectivity index (χ4v) is 2.75. The third kappa shape index (κ3) is 3.81. The standard InChI is InChI=1S/C16H25N3O/c1-12-4-3-9-19(13(12)2)11-16(20)18-15-7-5-14(10-17)6-8-15/h5-8,12-13H,3-4,9-11,17H2,1-2H3,(H,18,20). The average Bonchev–Trinajstić information content (AvgIpc) is 2.45. The van der Waals surface area contributed by atoms with Gasteiger partial charge in [0, 0.05) is 18.3 Å². The van der Waals surface area contributed by atoms with Gasteiger partial charge < -0.3 is 11.1 Å². The number of nitrogens with two attached hydrogens (primary N) is 1. The van der Waals surface area contributed by atoms with Crippen LogP contribution in [0.15, 0.2) is 24.3 Å². The number of carbonyl (C=O) groups is 1. The number of piperidine rings is 1. The predicted molar refractivity (Wildman–Crippen MR) is 82.4 cm³/mol. The Hall–Kier alpha value is -1.39. The zero-order valence-corrected chi connectivity index (χ0v) is 12.4. The number of benzene rings is 1. The van der Waals surface area contributed by atoms with Crippen LogP contribution in [0.1, 0.15) is 32.3 Å². The van der Waals surface area contributed by atoms with Crippen LogP contribution in [0.2, 0.25) is 0 Å². The minimum absolute atomic E-state index is 0.0615. The van der Waals surface area contributed by atoms with Crippen LogP contribution in [0.3, 0.4) is 0 Å². The largest absolute Gasteiger partial charge is 0.326 e. The van der Waals surface area contributed by atoms with E-state index in [0.29, 0.717) is 25.0 Å². The van der Waals surface area contributed by atoms with E-state index in [1.807, 2.05) is 24.3 Å². The van der Waals surface area contributed by atoms with Crippen molar-refractivity contribution in [3.05, 3.63) is 29.8 Å². The lowest BCUT2D eigenvalue weighted by Crippen LogP contribution is -2.46. The van der Waals surface area contributed by atoms with E-state index in [-0.39, 0.29) is 5.91 Å². The summed E-state index contributed by atoms with van der Waals surface area (Å²) in [7, 11) is 0. The number of carbonyl (C=O) groups excluding carboxylic acids is 1. The van der Waals surface area contributed by atoms with Crippen LogP contribution in [-0.2, 0) is 11.3 Å². The first-order valence-corrected chi connectivity index (χ1v) is 7.43. The van der Waals surface area contributed by atoms with Crippen LogP contribution in [0.4, 0.5) is 5.69 Å². The van der Waals surface area contributed by atoms with Crippen LogP contribution >= 0.6 is 0 Å². The van der Waals surface area contributed by atoms with Gasteiger partial charge in [0.05, 0.1) is 6.54 Å². The highest BCUT2D eigenvalue weighted by atomic mass is 16.2. The second-order valence-electron chi connectivity index (χ2n) is 5.78. The Morgan fingerprint density at radius 1 is 1.35 bits per heavy atom. The molecule has 2 atom stereocenters. The number of nitrogens with one attached hydrogen (secondary N) is 1. The normalized spacial score (nSPS) is 23.6. The maximum Gasteiger partial charge on any atom is 0.238 e. The summed E-state index contributed by atoms with van der Waals surface area (Å²) in [6.07, 6.45) is 2.45. The fourth-order valence-electron chi connectivity index (χ4n) is 2.75. The number of anilines is 1. The predicted octanol–water partition coefficient (Wildman–Crippen LogP) is 2.20. The van der Waals surface area contributed by atoms with Crippen molar-refractivity contribution in [1.29, 1.82) is 0 Å². The molecule has 0 aliphatic carbocycles. The molecule has 2 unspecified atom stereocenters. The van der Waals surface area contributed by atoms with Crippen LogP contribution < -0.4 is 11.1 Å². The Kier molecular flexibility index (Phi) is 5.15. The first kappa shape index (κ1) is 15.0. The van der Waals surface area contributed by atoms with Gasteiger partial charge >= 0.3 is 0 Å². The number of nitrogens with zero attached hydrogens (tertiary/aromatic N) is 1. The zero-order valence-electron chi connectivity index (χ0n) is 12.4. The number of rotatable bonds is 4. The Morgan fingerprint density at radius 3 is 2.70 bits per heavy atom. The van der Waals surface area contributed by atoms with E-state index in [9.17, 15) is 4.79 Å². The summed E-state index contributed by atoms with van der Waals surface area (Å²) in [6.45, 7) is 6.50. The highest BCUT2D eigenvalue weighted by Gasteiger charge is 2.25. The van der Waals surface area contributed by atoms with E-state index in [4.69, 9.17) is 5.73 Å². The molecule has 1 aromatic carbocycles. The molecule has 1 saturated heterocycles. The van der Waals surface area contributed by atoms with Crippen molar-refractivity contribution in [2.75, 3.05) is 18.4 Å². The molecule has 0 aromatic heterocycles. The molecule has 0 saturated carbocycles. The van der Waals surface area contributed by atoms with Crippen molar-refractivity contribution >= 4 is 11.6 Å². The Balaban J connectivity index is 1.88. The van der Waals surface area contributed by atoms with Gasteiger partial charge in [0.1, 0.15) is 0 Å². The van der Waals surface area contributed by atoms with E-state index in [2.05, 4.69) is 24.1 Å². The first-order valence-electron chi connectivity index (χ1n) is 7.43. The maximum absolute atomic E-state index is 12.1. The molecular weight excluding hydrogens is 250 g/mol. The first-order chi connectivity index (χ1) is 9.60. The summed E-state index contributed by atoms with van der Waals surface area (Å²) in [5.74, 6) is 0.729. The summed E-state index contributed by atoms with van der Waals surface area (Å²) in [6, 6.07) is 8.18. The Morgan fingerprint density at radius 2 is 2.05 bits per heavy atom. The average molecular weight is 275 g/mol. The van der Waals surface area contributed by atoms with E-state index in [1.165, 1.54) is 12.8 Å². The summed E-state index contributed by atoms with van der Waals surface area (Å²) in [4.78, 5) is 14.4. The molecule has 3 N–H and O–H groups in total. The highest BCUT2D eigenvalue weighted by Crippen LogP contribution is 2.22. The van der Waals surface area contributed by atoms with Crippen molar-refractivity contribution in [3.63, 3.8) is 0 Å². The molecule has 4 heteroatoms. The number of hydrogen-bond donors (Lipinski definition) is 2. The summed E-state index contributed by atoms with van der Waals surface area (Å²) in [5, 5.41) is 2.95. The molecule has 1 aromatic rings. The number of amides is 1. The second kappa shape index (κ2) is 6.86. The van der Waals surface area contributed by atoms with Gasteiger partial charge in [-0.05, 0) is 49.9 Å². The van der Waals surface area contributed by atoms with Crippen molar-refractivity contribution < 1.29 is 4.79 Å². The van der Waals surface area contributed by atoms with Crippen molar-refractivity contribution in [1.82, 2.24) is 4.90 Å². The molecule has 1 heterocycles. The highest BCUT2D eigenvalue weighted by molar-refractivity contribution is 5.92. The zero-order chi connectivity index (χ0) is 14.5. The van der Waals surface area contributed by atoms with Crippen LogP contribution in [0, 0.1) is 5.92 Å². The van der Waals surface area contributed by atoms with Gasteiger partial charge in [-0.15, -0.1) is 0 Å². The minimum atomic E-state index is 0.0615. The summed E-state index contributed by atoms with van der Waals surface area (Å²) >= 11 is 0. The van der Waals surface area contributed by atoms with E-state index >= 15 is 0 Å². The van der Waals surface area contributed by atoms with Crippen molar-refractivity contribution in [2.24, 2.45) is 11.7 Å². The van der Waals surface area contributed by atoms with Gasteiger partial charge in [-0.1, -0.05) is 19.1 Å². The van der Waals surface area contributed by atoms with Gasteiger partial charge in [-0.25, -0.2) is 0 Å². The number of hydrogen-bond acceptors (Lipinski definition) is 3. The second-order valence-corrected chi connectivity index (χ2v) is 5.78. The molecule has 1 aliphatic heterocycles. The molecule has 1 fully saturated rings. The van der Waals surface area contributed by atoms with Crippen molar-refractivity contribution in [3.8, 4) is 0 Å². The molecule has 110 valence electrons. The van der Waals surface area contributed by atoms with Crippen LogP contribution in [-0.4, -0.2) is 29.9 Å². The van der Waals surface area contributed by atoms with Gasteiger partial charge in [0.25, 0.3) is 0 Å². The molecule has 4 nitrogen and oxygen atoms in total. The summed E-state index contributed by atoms with van der Waals surface area (Å²) in [5.41, 5.74) is 7.47. The van der Waals surface area contributed by atoms with Gasteiger partial charge in [0.2, 0.25) is 5.91 Å². The SMILES string of the molecule is CC1CCCN(CC(=O)Nc2ccc(CN)cc2)C1C. The quantitative estimate of drug-likeness (QED) is 0.885. The lowest BCUT2D eigenvalue weighted by Gasteiger charge is -2.37. The lowest BCUT2D eigenvalue weighted by atomic mass is 9.92. The fraction of sp³-hybridized carbons (Fsp3) is 0.562. The van der Waals surface area contributed by atoms with E-state index in [0.717, 1.165) is 17.8 Å². The van der Waals surface area contributed by atoms with E-state index in [1.54, 1.807) is 0 Å². The molecule has 0 spiro atoms. The van der Waals surface area contributed by atoms with Crippen molar-refractivity contribution in [2.45, 2.75) is 39.3 Å². The third-order valence-electron chi connectivity index (χ3n) is 4.32. The third-order valence-corrected chi connectivity index (χ3v) is 4.32.